The van der Waals surface area contributed by atoms with Crippen molar-refractivity contribution in [3.05, 3.63) is 65.2 Å². The van der Waals surface area contributed by atoms with Crippen molar-refractivity contribution in [2.75, 3.05) is 45.9 Å². The Labute approximate surface area is 203 Å². The van der Waals surface area contributed by atoms with Crippen molar-refractivity contribution in [1.29, 1.82) is 0 Å². The quantitative estimate of drug-likeness (QED) is 0.471. The molecule has 184 valence electrons. The fourth-order valence-electron chi connectivity index (χ4n) is 3.94. The van der Waals surface area contributed by atoms with Gasteiger partial charge < -0.3 is 20.3 Å². The summed E-state index contributed by atoms with van der Waals surface area (Å²) in [5.74, 6) is 0.259. The van der Waals surface area contributed by atoms with E-state index >= 15 is 0 Å². The molecule has 0 aliphatic carbocycles. The first-order chi connectivity index (χ1) is 16.6. The maximum absolute atomic E-state index is 12.4. The molecule has 2 N–H and O–H groups in total. The third-order valence-corrected chi connectivity index (χ3v) is 6.19. The average molecular weight is 467 g/mol. The summed E-state index contributed by atoms with van der Waals surface area (Å²) >= 11 is 0. The van der Waals surface area contributed by atoms with Crippen LogP contribution in [0.3, 0.4) is 0 Å². The lowest BCUT2D eigenvalue weighted by molar-refractivity contribution is -0.120. The largest absolute Gasteiger partial charge is 0.494 e. The van der Waals surface area contributed by atoms with Crippen molar-refractivity contribution >= 4 is 11.8 Å². The van der Waals surface area contributed by atoms with Gasteiger partial charge in [0.2, 0.25) is 5.91 Å². The van der Waals surface area contributed by atoms with Crippen LogP contribution in [0.15, 0.2) is 48.5 Å². The summed E-state index contributed by atoms with van der Waals surface area (Å²) in [7, 11) is 0. The second kappa shape index (κ2) is 13.7. The van der Waals surface area contributed by atoms with Crippen molar-refractivity contribution in [3.8, 4) is 5.75 Å². The van der Waals surface area contributed by atoms with Gasteiger partial charge in [-0.25, -0.2) is 0 Å². The molecule has 2 aromatic carbocycles. The molecule has 0 saturated carbocycles. The van der Waals surface area contributed by atoms with E-state index in [0.717, 1.165) is 63.4 Å². The number of nitrogens with zero attached hydrogens (tertiary/aromatic N) is 2. The van der Waals surface area contributed by atoms with Gasteiger partial charge in [0, 0.05) is 44.8 Å². The minimum Gasteiger partial charge on any atom is -0.494 e. The SMILES string of the molecule is CCCCOc1ccc(C(=O)NCC(=O)NCc2ccccc2CN2CCN(CC)CC2)cc1. The summed E-state index contributed by atoms with van der Waals surface area (Å²) < 4.78 is 5.62. The highest BCUT2D eigenvalue weighted by Gasteiger charge is 2.17. The molecule has 0 spiro atoms. The van der Waals surface area contributed by atoms with E-state index in [1.54, 1.807) is 24.3 Å². The standard InChI is InChI=1S/C27H38N4O3/c1-3-5-18-34-25-12-10-22(11-13-25)27(33)29-20-26(32)28-19-23-8-6-7-9-24(23)21-31-16-14-30(4-2)15-17-31/h6-13H,3-5,14-21H2,1-2H3,(H,28,32)(H,29,33). The zero-order valence-electron chi connectivity index (χ0n) is 20.5. The van der Waals surface area contributed by atoms with Crippen LogP contribution in [0.5, 0.6) is 5.75 Å². The molecule has 0 radical (unpaired) electrons. The topological polar surface area (TPSA) is 73.9 Å². The highest BCUT2D eigenvalue weighted by atomic mass is 16.5. The van der Waals surface area contributed by atoms with Gasteiger partial charge in [0.05, 0.1) is 13.2 Å². The Morgan fingerprint density at radius 2 is 1.56 bits per heavy atom. The van der Waals surface area contributed by atoms with Crippen molar-refractivity contribution < 1.29 is 14.3 Å². The Morgan fingerprint density at radius 1 is 0.882 bits per heavy atom. The highest BCUT2D eigenvalue weighted by molar-refractivity contribution is 5.96. The number of hydrogen-bond acceptors (Lipinski definition) is 5. The molecule has 0 unspecified atom stereocenters. The molecular weight excluding hydrogens is 428 g/mol. The number of carbonyl (C=O) groups excluding carboxylic acids is 2. The molecule has 34 heavy (non-hydrogen) atoms. The minimum absolute atomic E-state index is 0.0608. The third kappa shape index (κ3) is 8.15. The second-order valence-corrected chi connectivity index (χ2v) is 8.66. The van der Waals surface area contributed by atoms with Gasteiger partial charge in [0.1, 0.15) is 5.75 Å². The van der Waals surface area contributed by atoms with Crippen molar-refractivity contribution in [1.82, 2.24) is 20.4 Å². The first-order valence-electron chi connectivity index (χ1n) is 12.4. The van der Waals surface area contributed by atoms with Gasteiger partial charge in [-0.1, -0.05) is 44.5 Å². The van der Waals surface area contributed by atoms with Crippen LogP contribution in [0.25, 0.3) is 0 Å². The first kappa shape index (κ1) is 25.7. The van der Waals surface area contributed by atoms with E-state index in [1.165, 1.54) is 5.56 Å². The van der Waals surface area contributed by atoms with Crippen molar-refractivity contribution in [2.24, 2.45) is 0 Å². The molecule has 2 amide bonds. The molecule has 7 heteroatoms. The predicted molar refractivity (Wildman–Crippen MR) is 135 cm³/mol. The maximum atomic E-state index is 12.4. The maximum Gasteiger partial charge on any atom is 0.251 e. The summed E-state index contributed by atoms with van der Waals surface area (Å²) in [6.07, 6.45) is 2.07. The Morgan fingerprint density at radius 3 is 2.24 bits per heavy atom. The zero-order valence-corrected chi connectivity index (χ0v) is 20.5. The molecule has 1 fully saturated rings. The number of likely N-dealkylation sites (N-methyl/N-ethyl adjacent to an activating group) is 1. The predicted octanol–water partition coefficient (Wildman–Crippen LogP) is 3.05. The van der Waals surface area contributed by atoms with Crippen LogP contribution in [0.2, 0.25) is 0 Å². The van der Waals surface area contributed by atoms with Gasteiger partial charge in [0.25, 0.3) is 5.91 Å². The molecule has 1 heterocycles. The summed E-state index contributed by atoms with van der Waals surface area (Å²) in [5, 5.41) is 5.63. The molecule has 1 aliphatic rings. The molecular formula is C27H38N4O3. The third-order valence-electron chi connectivity index (χ3n) is 6.19. The Balaban J connectivity index is 1.42. The number of unbranched alkanes of at least 4 members (excludes halogenated alkanes) is 1. The van der Waals surface area contributed by atoms with Crippen LogP contribution in [-0.2, 0) is 17.9 Å². The molecule has 0 aromatic heterocycles. The van der Waals surface area contributed by atoms with Crippen molar-refractivity contribution in [3.63, 3.8) is 0 Å². The Kier molecular flexibility index (Phi) is 10.4. The fraction of sp³-hybridized carbons (Fsp3) is 0.481. The molecule has 0 atom stereocenters. The highest BCUT2D eigenvalue weighted by Crippen LogP contribution is 2.14. The molecule has 2 aromatic rings. The van der Waals surface area contributed by atoms with Crippen LogP contribution in [0.4, 0.5) is 0 Å². The van der Waals surface area contributed by atoms with E-state index in [9.17, 15) is 9.59 Å². The van der Waals surface area contributed by atoms with E-state index in [4.69, 9.17) is 4.74 Å². The van der Waals surface area contributed by atoms with E-state index < -0.39 is 0 Å². The minimum atomic E-state index is -0.276. The van der Waals surface area contributed by atoms with Crippen LogP contribution in [0, 0.1) is 0 Å². The number of benzene rings is 2. The zero-order chi connectivity index (χ0) is 24.2. The van der Waals surface area contributed by atoms with Gasteiger partial charge in [-0.2, -0.15) is 0 Å². The normalized spacial score (nSPS) is 14.5. The van der Waals surface area contributed by atoms with Crippen LogP contribution in [0.1, 0.15) is 48.2 Å². The number of piperazine rings is 1. The summed E-state index contributed by atoms with van der Waals surface area (Å²) in [6, 6.07) is 15.2. The van der Waals surface area contributed by atoms with Gasteiger partial charge in [-0.15, -0.1) is 0 Å². The average Bonchev–Trinajstić information content (AvgIpc) is 2.88. The number of ether oxygens (including phenoxy) is 1. The summed E-state index contributed by atoms with van der Waals surface area (Å²) in [5.41, 5.74) is 2.85. The molecule has 1 saturated heterocycles. The van der Waals surface area contributed by atoms with Gasteiger partial charge >= 0.3 is 0 Å². The Hall–Kier alpha value is -2.90. The van der Waals surface area contributed by atoms with E-state index in [-0.39, 0.29) is 18.4 Å². The van der Waals surface area contributed by atoms with E-state index in [0.29, 0.717) is 18.7 Å². The summed E-state index contributed by atoms with van der Waals surface area (Å²) in [4.78, 5) is 29.7. The van der Waals surface area contributed by atoms with Gasteiger partial charge in [-0.05, 0) is 48.4 Å². The lowest BCUT2D eigenvalue weighted by atomic mass is 10.1. The monoisotopic (exact) mass is 466 g/mol. The van der Waals surface area contributed by atoms with E-state index in [2.05, 4.69) is 46.4 Å². The van der Waals surface area contributed by atoms with Crippen LogP contribution < -0.4 is 15.4 Å². The number of nitrogens with one attached hydrogen (secondary N) is 2. The van der Waals surface area contributed by atoms with E-state index in [1.807, 2.05) is 12.1 Å². The number of amides is 2. The molecule has 7 nitrogen and oxygen atoms in total. The van der Waals surface area contributed by atoms with Crippen LogP contribution in [-0.4, -0.2) is 67.5 Å². The number of hydrogen-bond donors (Lipinski definition) is 2. The molecule has 3 rings (SSSR count). The number of rotatable bonds is 12. The van der Waals surface area contributed by atoms with Crippen molar-refractivity contribution in [2.45, 2.75) is 39.8 Å². The summed E-state index contributed by atoms with van der Waals surface area (Å²) in [6.45, 7) is 11.7. The second-order valence-electron chi connectivity index (χ2n) is 8.66. The lowest BCUT2D eigenvalue weighted by Crippen LogP contribution is -2.45. The Bertz CT molecular complexity index is 908. The molecule has 0 bridgehead atoms. The van der Waals surface area contributed by atoms with Gasteiger partial charge in [0.15, 0.2) is 0 Å². The fourth-order valence-corrected chi connectivity index (χ4v) is 3.94. The lowest BCUT2D eigenvalue weighted by Gasteiger charge is -2.34. The molecule has 1 aliphatic heterocycles. The number of carbonyl (C=O) groups is 2. The van der Waals surface area contributed by atoms with Gasteiger partial charge in [-0.3, -0.25) is 14.5 Å². The first-order valence-corrected chi connectivity index (χ1v) is 12.4. The smallest absolute Gasteiger partial charge is 0.251 e. The van der Waals surface area contributed by atoms with Crippen LogP contribution >= 0.6 is 0 Å².